The molecule has 1 aliphatic carbocycles. The molecule has 0 aromatic carbocycles. The number of rotatable bonds is 0. The number of halogens is 4. The Labute approximate surface area is 79.4 Å². The summed E-state index contributed by atoms with van der Waals surface area (Å²) in [6, 6.07) is 0. The highest BCUT2D eigenvalue weighted by Gasteiger charge is 2.34. The van der Waals surface area contributed by atoms with Crippen molar-refractivity contribution < 1.29 is 13.2 Å². The fraction of sp³-hybridized carbons (Fsp3) is 0.333. The molecule has 0 aromatic rings. The standard InChI is InChI=1S/C9H8ClF3/c1-6-2-3-7(10)4-5-8(6)9(11,12)13/h2-4H,5H2,1H3. The van der Waals surface area contributed by atoms with E-state index < -0.39 is 11.7 Å². The van der Waals surface area contributed by atoms with Crippen molar-refractivity contribution in [3.8, 4) is 0 Å². The lowest BCUT2D eigenvalue weighted by molar-refractivity contribution is -0.0935. The molecule has 0 aliphatic heterocycles. The van der Waals surface area contributed by atoms with Crippen LogP contribution in [0.4, 0.5) is 13.2 Å². The molecule has 0 N–H and O–H groups in total. The van der Waals surface area contributed by atoms with E-state index in [9.17, 15) is 13.2 Å². The van der Waals surface area contributed by atoms with Gasteiger partial charge in [-0.3, -0.25) is 0 Å². The van der Waals surface area contributed by atoms with Gasteiger partial charge in [0.25, 0.3) is 0 Å². The minimum atomic E-state index is -4.26. The van der Waals surface area contributed by atoms with Gasteiger partial charge in [-0.1, -0.05) is 23.8 Å². The average molecular weight is 209 g/mol. The summed E-state index contributed by atoms with van der Waals surface area (Å²) in [5, 5.41) is 0.346. The molecule has 0 radical (unpaired) electrons. The lowest BCUT2D eigenvalue weighted by Gasteiger charge is -2.10. The number of alkyl halides is 3. The number of hydrogen-bond acceptors (Lipinski definition) is 0. The van der Waals surface area contributed by atoms with Crippen molar-refractivity contribution in [2.45, 2.75) is 19.5 Å². The zero-order valence-electron chi connectivity index (χ0n) is 6.95. The van der Waals surface area contributed by atoms with Gasteiger partial charge in [-0.15, -0.1) is 0 Å². The molecule has 0 saturated heterocycles. The number of allylic oxidation sites excluding steroid dienone is 6. The Bertz CT molecular complexity index is 294. The van der Waals surface area contributed by atoms with Crippen molar-refractivity contribution in [3.05, 3.63) is 34.4 Å². The van der Waals surface area contributed by atoms with Crippen LogP contribution in [0.3, 0.4) is 0 Å². The average Bonchev–Trinajstić information content (AvgIpc) is 2.12. The molecule has 0 aromatic heterocycles. The van der Waals surface area contributed by atoms with Crippen LogP contribution in [0.25, 0.3) is 0 Å². The SMILES string of the molecule is CC1=C(C(F)(F)F)CC=C(Cl)C=C1. The van der Waals surface area contributed by atoms with Gasteiger partial charge in [0.1, 0.15) is 0 Å². The highest BCUT2D eigenvalue weighted by molar-refractivity contribution is 6.31. The van der Waals surface area contributed by atoms with Crippen molar-refractivity contribution in [2.24, 2.45) is 0 Å². The summed E-state index contributed by atoms with van der Waals surface area (Å²) in [6.45, 7) is 1.43. The van der Waals surface area contributed by atoms with Gasteiger partial charge < -0.3 is 0 Å². The summed E-state index contributed by atoms with van der Waals surface area (Å²) in [4.78, 5) is 0. The molecule has 1 rings (SSSR count). The summed E-state index contributed by atoms with van der Waals surface area (Å²) >= 11 is 5.58. The van der Waals surface area contributed by atoms with E-state index in [1.54, 1.807) is 0 Å². The van der Waals surface area contributed by atoms with Crippen LogP contribution < -0.4 is 0 Å². The molecule has 0 unspecified atom stereocenters. The lowest BCUT2D eigenvalue weighted by atomic mass is 10.1. The molecule has 0 atom stereocenters. The second-order valence-electron chi connectivity index (χ2n) is 2.79. The molecule has 13 heavy (non-hydrogen) atoms. The first kappa shape index (κ1) is 10.4. The number of hydrogen-bond donors (Lipinski definition) is 0. The maximum atomic E-state index is 12.3. The van der Waals surface area contributed by atoms with E-state index in [0.717, 1.165) is 0 Å². The van der Waals surface area contributed by atoms with Crippen molar-refractivity contribution in [3.63, 3.8) is 0 Å². The van der Waals surface area contributed by atoms with E-state index in [2.05, 4.69) is 0 Å². The van der Waals surface area contributed by atoms with Gasteiger partial charge in [-0.2, -0.15) is 13.2 Å². The minimum Gasteiger partial charge on any atom is -0.166 e. The first-order valence-electron chi connectivity index (χ1n) is 3.72. The van der Waals surface area contributed by atoms with Crippen LogP contribution >= 0.6 is 11.6 Å². The predicted octanol–water partition coefficient (Wildman–Crippen LogP) is 3.95. The second kappa shape index (κ2) is 3.58. The van der Waals surface area contributed by atoms with Gasteiger partial charge in [-0.05, 0) is 25.0 Å². The first-order valence-corrected chi connectivity index (χ1v) is 4.10. The maximum Gasteiger partial charge on any atom is 0.413 e. The molecular formula is C9H8ClF3. The van der Waals surface area contributed by atoms with Crippen molar-refractivity contribution >= 4 is 11.6 Å². The Balaban J connectivity index is 3.04. The van der Waals surface area contributed by atoms with Gasteiger partial charge in [0.15, 0.2) is 0 Å². The molecule has 72 valence electrons. The van der Waals surface area contributed by atoms with Crippen LogP contribution in [-0.4, -0.2) is 6.18 Å². The minimum absolute atomic E-state index is 0.152. The monoisotopic (exact) mass is 208 g/mol. The van der Waals surface area contributed by atoms with E-state index in [1.807, 2.05) is 0 Å². The van der Waals surface area contributed by atoms with E-state index in [4.69, 9.17) is 11.6 Å². The molecule has 1 aliphatic rings. The molecule has 0 spiro atoms. The first-order chi connectivity index (χ1) is 5.91. The Morgan fingerprint density at radius 1 is 1.31 bits per heavy atom. The maximum absolute atomic E-state index is 12.3. The highest BCUT2D eigenvalue weighted by atomic mass is 35.5. The van der Waals surface area contributed by atoms with Crippen LogP contribution in [0.15, 0.2) is 34.4 Å². The van der Waals surface area contributed by atoms with E-state index in [0.29, 0.717) is 5.03 Å². The Kier molecular flexibility index (Phi) is 2.86. The quantitative estimate of drug-likeness (QED) is 0.566. The molecule has 4 heteroatoms. The summed E-state index contributed by atoms with van der Waals surface area (Å²) < 4.78 is 37.0. The molecule has 0 nitrogen and oxygen atoms in total. The Morgan fingerprint density at radius 2 is 1.92 bits per heavy atom. The fourth-order valence-electron chi connectivity index (χ4n) is 1.07. The van der Waals surface area contributed by atoms with Gasteiger partial charge in [0.2, 0.25) is 0 Å². The fourth-order valence-corrected chi connectivity index (χ4v) is 1.21. The molecule has 0 amide bonds. The van der Waals surface area contributed by atoms with Crippen molar-refractivity contribution in [1.82, 2.24) is 0 Å². The van der Waals surface area contributed by atoms with Gasteiger partial charge in [-0.25, -0.2) is 0 Å². The van der Waals surface area contributed by atoms with E-state index in [1.165, 1.54) is 25.2 Å². The van der Waals surface area contributed by atoms with Crippen LogP contribution in [0.5, 0.6) is 0 Å². The third-order valence-corrected chi connectivity index (χ3v) is 2.09. The summed E-state index contributed by atoms with van der Waals surface area (Å²) in [5.41, 5.74) is -0.307. The summed E-state index contributed by atoms with van der Waals surface area (Å²) in [6.07, 6.45) is -0.199. The van der Waals surface area contributed by atoms with Crippen LogP contribution in [0, 0.1) is 0 Å². The van der Waals surface area contributed by atoms with Gasteiger partial charge in [0, 0.05) is 10.6 Å². The summed E-state index contributed by atoms with van der Waals surface area (Å²) in [7, 11) is 0. The van der Waals surface area contributed by atoms with E-state index >= 15 is 0 Å². The van der Waals surface area contributed by atoms with E-state index in [-0.39, 0.29) is 12.0 Å². The molecular weight excluding hydrogens is 201 g/mol. The smallest absolute Gasteiger partial charge is 0.166 e. The zero-order valence-corrected chi connectivity index (χ0v) is 7.71. The van der Waals surface area contributed by atoms with Crippen molar-refractivity contribution in [2.75, 3.05) is 0 Å². The third-order valence-electron chi connectivity index (χ3n) is 1.81. The third kappa shape index (κ3) is 2.62. The second-order valence-corrected chi connectivity index (χ2v) is 3.22. The van der Waals surface area contributed by atoms with Crippen molar-refractivity contribution in [1.29, 1.82) is 0 Å². The van der Waals surface area contributed by atoms with Gasteiger partial charge in [0.05, 0.1) is 0 Å². The van der Waals surface area contributed by atoms with Crippen LogP contribution in [0.1, 0.15) is 13.3 Å². The molecule has 0 heterocycles. The normalized spacial score (nSPS) is 18.7. The summed E-state index contributed by atoms with van der Waals surface area (Å²) in [5.74, 6) is 0. The topological polar surface area (TPSA) is 0 Å². The Hall–Kier alpha value is -0.700. The van der Waals surface area contributed by atoms with Crippen LogP contribution in [-0.2, 0) is 0 Å². The largest absolute Gasteiger partial charge is 0.413 e. The molecule has 0 bridgehead atoms. The predicted molar refractivity (Wildman–Crippen MR) is 46.4 cm³/mol. The van der Waals surface area contributed by atoms with Gasteiger partial charge >= 0.3 is 6.18 Å². The molecule has 0 fully saturated rings. The zero-order chi connectivity index (χ0) is 10.1. The molecule has 0 saturated carbocycles. The highest BCUT2D eigenvalue weighted by Crippen LogP contribution is 2.33. The Morgan fingerprint density at radius 3 is 2.46 bits per heavy atom. The van der Waals surface area contributed by atoms with Crippen LogP contribution in [0.2, 0.25) is 0 Å². The lowest BCUT2D eigenvalue weighted by Crippen LogP contribution is -2.12.